The van der Waals surface area contributed by atoms with E-state index in [1.54, 1.807) is 24.1 Å². The van der Waals surface area contributed by atoms with Crippen molar-refractivity contribution in [3.63, 3.8) is 0 Å². The third-order valence-electron chi connectivity index (χ3n) is 5.26. The molecule has 4 aromatic rings. The smallest absolute Gasteiger partial charge is 0.274 e. The Morgan fingerprint density at radius 3 is 2.70 bits per heavy atom. The Balaban J connectivity index is 1.40. The predicted octanol–water partition coefficient (Wildman–Crippen LogP) is 4.22. The number of carbonyl (C=O) groups is 1. The maximum absolute atomic E-state index is 13.0. The van der Waals surface area contributed by atoms with Crippen molar-refractivity contribution in [3.8, 4) is 11.6 Å². The van der Waals surface area contributed by atoms with E-state index in [9.17, 15) is 9.18 Å². The summed E-state index contributed by atoms with van der Waals surface area (Å²) in [4.78, 5) is 21.8. The Labute approximate surface area is 173 Å². The number of fused-ring (bicyclic) bond motifs is 1. The average Bonchev–Trinajstić information content (AvgIpc) is 3.32. The third-order valence-corrected chi connectivity index (χ3v) is 5.26. The second-order valence-corrected chi connectivity index (χ2v) is 7.56. The van der Waals surface area contributed by atoms with Crippen molar-refractivity contribution in [3.05, 3.63) is 70.8 Å². The zero-order valence-corrected chi connectivity index (χ0v) is 17.2. The third kappa shape index (κ3) is 4.10. The molecule has 0 bridgehead atoms. The number of H-pyrrole nitrogens is 1. The summed E-state index contributed by atoms with van der Waals surface area (Å²) in [7, 11) is 1.73. The molecule has 30 heavy (non-hydrogen) atoms. The maximum atomic E-state index is 13.0. The summed E-state index contributed by atoms with van der Waals surface area (Å²) in [5.74, 6) is 0.622. The van der Waals surface area contributed by atoms with Crippen molar-refractivity contribution < 1.29 is 13.7 Å². The molecule has 0 fully saturated rings. The zero-order chi connectivity index (χ0) is 21.3. The quantitative estimate of drug-likeness (QED) is 0.520. The van der Waals surface area contributed by atoms with Crippen LogP contribution in [0.5, 0.6) is 0 Å². The first kappa shape index (κ1) is 19.8. The number of rotatable bonds is 6. The minimum atomic E-state index is -0.312. The van der Waals surface area contributed by atoms with Crippen LogP contribution < -0.4 is 0 Å². The monoisotopic (exact) mass is 406 g/mol. The summed E-state index contributed by atoms with van der Waals surface area (Å²) in [6.07, 6.45) is 0.704. The van der Waals surface area contributed by atoms with E-state index < -0.39 is 0 Å². The molecule has 0 aliphatic heterocycles. The van der Waals surface area contributed by atoms with Crippen molar-refractivity contribution in [1.82, 2.24) is 20.0 Å². The highest BCUT2D eigenvalue weighted by Crippen LogP contribution is 2.29. The topological polar surface area (TPSA) is 75.0 Å². The number of halogens is 1. The summed E-state index contributed by atoms with van der Waals surface area (Å²) in [6, 6.07) is 12.2. The molecule has 0 saturated carbocycles. The van der Waals surface area contributed by atoms with Gasteiger partial charge in [0.15, 0.2) is 5.82 Å². The Morgan fingerprint density at radius 2 is 1.93 bits per heavy atom. The maximum Gasteiger partial charge on any atom is 0.274 e. The molecular weight excluding hydrogens is 383 g/mol. The highest BCUT2D eigenvalue weighted by Gasteiger charge is 2.17. The van der Waals surface area contributed by atoms with Crippen molar-refractivity contribution >= 4 is 16.8 Å². The van der Waals surface area contributed by atoms with Crippen LogP contribution in [-0.4, -0.2) is 39.5 Å². The Hall–Kier alpha value is -3.48. The van der Waals surface area contributed by atoms with Crippen LogP contribution in [0.1, 0.15) is 22.5 Å². The number of amides is 1. The van der Waals surface area contributed by atoms with Gasteiger partial charge in [-0.15, -0.1) is 0 Å². The number of aromatic nitrogens is 3. The van der Waals surface area contributed by atoms with Crippen molar-refractivity contribution in [2.24, 2.45) is 0 Å². The van der Waals surface area contributed by atoms with Crippen LogP contribution in [0.25, 0.3) is 22.5 Å². The number of benzene rings is 2. The lowest BCUT2D eigenvalue weighted by Crippen LogP contribution is -2.30. The molecule has 0 unspecified atom stereocenters. The predicted molar refractivity (Wildman–Crippen MR) is 113 cm³/mol. The van der Waals surface area contributed by atoms with Gasteiger partial charge in [-0.05, 0) is 49.2 Å². The van der Waals surface area contributed by atoms with Gasteiger partial charge in [0.25, 0.3) is 5.89 Å². The second kappa shape index (κ2) is 8.10. The van der Waals surface area contributed by atoms with E-state index in [1.807, 2.05) is 13.0 Å². The molecule has 0 aliphatic carbocycles. The van der Waals surface area contributed by atoms with Crippen LogP contribution in [-0.2, 0) is 17.6 Å². The fourth-order valence-corrected chi connectivity index (χ4v) is 3.42. The highest BCUT2D eigenvalue weighted by atomic mass is 19.1. The molecule has 1 N–H and O–H groups in total. The largest absolute Gasteiger partial charge is 0.350 e. The van der Waals surface area contributed by atoms with Gasteiger partial charge in [0.2, 0.25) is 5.91 Å². The summed E-state index contributed by atoms with van der Waals surface area (Å²) >= 11 is 0. The molecular formula is C23H23FN4O2. The molecule has 0 aliphatic rings. The Bertz CT molecular complexity index is 1190. The second-order valence-electron chi connectivity index (χ2n) is 7.56. The molecule has 2 aromatic heterocycles. The molecule has 154 valence electrons. The van der Waals surface area contributed by atoms with Gasteiger partial charge in [-0.2, -0.15) is 4.98 Å². The molecule has 0 radical (unpaired) electrons. The summed E-state index contributed by atoms with van der Waals surface area (Å²) in [5.41, 5.74) is 4.87. The number of aryl methyl sites for hydroxylation is 2. The van der Waals surface area contributed by atoms with E-state index in [1.165, 1.54) is 17.7 Å². The van der Waals surface area contributed by atoms with Crippen LogP contribution in [0.15, 0.2) is 47.0 Å². The van der Waals surface area contributed by atoms with Gasteiger partial charge in [0.05, 0.1) is 6.42 Å². The number of nitrogens with one attached hydrogen (secondary N) is 1. The number of aromatic amines is 1. The molecule has 7 heteroatoms. The summed E-state index contributed by atoms with van der Waals surface area (Å²) in [6.45, 7) is 4.55. The zero-order valence-electron chi connectivity index (χ0n) is 17.2. The molecule has 4 rings (SSSR count). The van der Waals surface area contributed by atoms with Crippen LogP contribution in [0, 0.1) is 19.7 Å². The minimum absolute atomic E-state index is 0.0489. The fraction of sp³-hybridized carbons (Fsp3) is 0.261. The number of nitrogens with zero attached hydrogens (tertiary/aromatic N) is 3. The molecule has 0 spiro atoms. The highest BCUT2D eigenvalue weighted by molar-refractivity contribution is 5.89. The van der Waals surface area contributed by atoms with Crippen molar-refractivity contribution in [1.29, 1.82) is 0 Å². The SMILES string of the molecule is Cc1ccc2[nH]c(-c3nc(CCN(C)C(=O)Cc4ccc(F)cc4)no3)c(C)c2c1. The molecule has 2 aromatic carbocycles. The Morgan fingerprint density at radius 1 is 1.17 bits per heavy atom. The first-order valence-electron chi connectivity index (χ1n) is 9.81. The standard InChI is InChI=1S/C23H23FN4O2/c1-14-4-9-19-18(12-14)15(2)22(25-19)23-26-20(27-30-23)10-11-28(3)21(29)13-16-5-7-17(24)8-6-16/h4-9,12,25H,10-11,13H2,1-3H3. The lowest BCUT2D eigenvalue weighted by atomic mass is 10.1. The van der Waals surface area contributed by atoms with Crippen LogP contribution >= 0.6 is 0 Å². The van der Waals surface area contributed by atoms with Crippen molar-refractivity contribution in [2.75, 3.05) is 13.6 Å². The lowest BCUT2D eigenvalue weighted by Gasteiger charge is -2.16. The normalized spacial score (nSPS) is 11.2. The van der Waals surface area contributed by atoms with E-state index in [-0.39, 0.29) is 18.1 Å². The lowest BCUT2D eigenvalue weighted by molar-refractivity contribution is -0.129. The van der Waals surface area contributed by atoms with Gasteiger partial charge in [-0.25, -0.2) is 4.39 Å². The molecule has 2 heterocycles. The van der Waals surface area contributed by atoms with E-state index in [2.05, 4.69) is 34.2 Å². The first-order chi connectivity index (χ1) is 14.4. The number of likely N-dealkylation sites (N-methyl/N-ethyl adjacent to an activating group) is 1. The van der Waals surface area contributed by atoms with Crippen LogP contribution in [0.2, 0.25) is 0 Å². The van der Waals surface area contributed by atoms with Gasteiger partial charge in [-0.1, -0.05) is 28.9 Å². The van der Waals surface area contributed by atoms with Gasteiger partial charge < -0.3 is 14.4 Å². The van der Waals surface area contributed by atoms with Gasteiger partial charge in [0.1, 0.15) is 11.5 Å². The van der Waals surface area contributed by atoms with E-state index in [4.69, 9.17) is 4.52 Å². The molecule has 6 nitrogen and oxygen atoms in total. The first-order valence-corrected chi connectivity index (χ1v) is 9.81. The molecule has 0 saturated heterocycles. The van der Waals surface area contributed by atoms with Gasteiger partial charge in [-0.3, -0.25) is 4.79 Å². The van der Waals surface area contributed by atoms with E-state index >= 15 is 0 Å². The average molecular weight is 406 g/mol. The van der Waals surface area contributed by atoms with Gasteiger partial charge >= 0.3 is 0 Å². The van der Waals surface area contributed by atoms with Gasteiger partial charge in [0, 0.05) is 30.9 Å². The number of hydrogen-bond donors (Lipinski definition) is 1. The number of carbonyl (C=O) groups excluding carboxylic acids is 1. The Kier molecular flexibility index (Phi) is 5.35. The van der Waals surface area contributed by atoms with E-state index in [0.29, 0.717) is 24.7 Å². The minimum Gasteiger partial charge on any atom is -0.350 e. The van der Waals surface area contributed by atoms with Crippen molar-refractivity contribution in [2.45, 2.75) is 26.7 Å². The number of hydrogen-bond acceptors (Lipinski definition) is 4. The fourth-order valence-electron chi connectivity index (χ4n) is 3.42. The molecule has 0 atom stereocenters. The van der Waals surface area contributed by atoms with Crippen LogP contribution in [0.4, 0.5) is 4.39 Å². The van der Waals surface area contributed by atoms with E-state index in [0.717, 1.165) is 27.7 Å². The molecule has 1 amide bonds. The van der Waals surface area contributed by atoms with Crippen LogP contribution in [0.3, 0.4) is 0 Å². The summed E-state index contributed by atoms with van der Waals surface area (Å²) < 4.78 is 18.5. The summed E-state index contributed by atoms with van der Waals surface area (Å²) in [5, 5.41) is 5.20.